The molecule has 1 rings (SSSR count). The van der Waals surface area contributed by atoms with E-state index < -0.39 is 39.1 Å². The predicted molar refractivity (Wildman–Crippen MR) is 48.2 cm³/mol. The van der Waals surface area contributed by atoms with Crippen LogP contribution in [0.15, 0.2) is 4.47 Å². The highest BCUT2D eigenvalue weighted by Gasteiger charge is 2.38. The van der Waals surface area contributed by atoms with Gasteiger partial charge in [-0.15, -0.1) is 0 Å². The molecule has 0 aromatic heterocycles. The molecule has 0 heterocycles. The first-order valence-electron chi connectivity index (χ1n) is 3.67. The van der Waals surface area contributed by atoms with Crippen LogP contribution in [0.4, 0.5) is 27.6 Å². The summed E-state index contributed by atoms with van der Waals surface area (Å²) in [4.78, 5) is 0. The Balaban J connectivity index is 3.68. The number of anilines is 1. The van der Waals surface area contributed by atoms with Gasteiger partial charge in [0.15, 0.2) is 11.6 Å². The summed E-state index contributed by atoms with van der Waals surface area (Å²) in [6.45, 7) is 0.888. The average molecular weight is 290 g/mol. The average Bonchev–Trinajstić information content (AvgIpc) is 2.09. The summed E-state index contributed by atoms with van der Waals surface area (Å²) in [6.07, 6.45) is -4.84. The zero-order valence-electron chi connectivity index (χ0n) is 7.35. The minimum absolute atomic E-state index is 0.728. The lowest BCUT2D eigenvalue weighted by molar-refractivity contribution is -0.139. The normalized spacial score (nSPS) is 11.9. The second-order valence-electron chi connectivity index (χ2n) is 2.85. The number of nitrogens with two attached hydrogens (primary N) is 1. The zero-order chi connectivity index (χ0) is 12.0. The predicted octanol–water partition coefficient (Wildman–Crippen LogP) is 3.64. The Labute approximate surface area is 90.2 Å². The van der Waals surface area contributed by atoms with E-state index in [-0.39, 0.29) is 0 Å². The van der Waals surface area contributed by atoms with Gasteiger partial charge < -0.3 is 5.73 Å². The van der Waals surface area contributed by atoms with Crippen LogP contribution in [-0.2, 0) is 6.18 Å². The van der Waals surface area contributed by atoms with Crippen molar-refractivity contribution < 1.29 is 22.0 Å². The van der Waals surface area contributed by atoms with Gasteiger partial charge in [-0.2, -0.15) is 13.2 Å². The number of benzene rings is 1. The maximum absolute atomic E-state index is 13.1. The van der Waals surface area contributed by atoms with Crippen LogP contribution in [0.5, 0.6) is 0 Å². The van der Waals surface area contributed by atoms with Gasteiger partial charge in [0.05, 0.1) is 10.0 Å². The first kappa shape index (κ1) is 12.2. The van der Waals surface area contributed by atoms with Crippen LogP contribution in [0.25, 0.3) is 0 Å². The van der Waals surface area contributed by atoms with Gasteiger partial charge in [0, 0.05) is 5.56 Å². The second kappa shape index (κ2) is 3.62. The molecule has 0 spiro atoms. The van der Waals surface area contributed by atoms with Crippen LogP contribution in [0.1, 0.15) is 11.1 Å². The highest BCUT2D eigenvalue weighted by molar-refractivity contribution is 9.10. The number of alkyl halides is 3. The molecule has 0 saturated carbocycles. The Kier molecular flexibility index (Phi) is 2.95. The molecule has 0 aliphatic heterocycles. The van der Waals surface area contributed by atoms with E-state index in [0.29, 0.717) is 0 Å². The van der Waals surface area contributed by atoms with Crippen molar-refractivity contribution in [2.75, 3.05) is 5.73 Å². The lowest BCUT2D eigenvalue weighted by Gasteiger charge is -2.15. The van der Waals surface area contributed by atoms with Crippen molar-refractivity contribution in [1.82, 2.24) is 0 Å². The Bertz CT molecular complexity index is 383. The van der Waals surface area contributed by atoms with Crippen LogP contribution in [-0.4, -0.2) is 0 Å². The highest BCUT2D eigenvalue weighted by atomic mass is 79.9. The van der Waals surface area contributed by atoms with Crippen molar-refractivity contribution in [2.24, 2.45) is 0 Å². The third-order valence-electron chi connectivity index (χ3n) is 1.87. The van der Waals surface area contributed by atoms with E-state index in [4.69, 9.17) is 5.73 Å². The second-order valence-corrected chi connectivity index (χ2v) is 3.65. The van der Waals surface area contributed by atoms with Crippen molar-refractivity contribution in [3.05, 3.63) is 27.2 Å². The van der Waals surface area contributed by atoms with Crippen molar-refractivity contribution in [2.45, 2.75) is 13.1 Å². The quantitative estimate of drug-likeness (QED) is 0.440. The van der Waals surface area contributed by atoms with E-state index in [0.717, 1.165) is 6.92 Å². The minimum Gasteiger partial charge on any atom is -0.394 e. The molecule has 1 aromatic carbocycles. The highest BCUT2D eigenvalue weighted by Crippen LogP contribution is 2.41. The first-order valence-corrected chi connectivity index (χ1v) is 4.47. The molecule has 0 unspecified atom stereocenters. The van der Waals surface area contributed by atoms with Gasteiger partial charge in [0.1, 0.15) is 5.69 Å². The molecule has 0 fully saturated rings. The summed E-state index contributed by atoms with van der Waals surface area (Å²) in [5.41, 5.74) is 1.91. The van der Waals surface area contributed by atoms with Crippen molar-refractivity contribution in [3.63, 3.8) is 0 Å². The molecule has 0 aliphatic rings. The molecule has 0 amide bonds. The van der Waals surface area contributed by atoms with E-state index in [1.807, 2.05) is 0 Å². The van der Waals surface area contributed by atoms with Gasteiger partial charge in [-0.1, -0.05) is 0 Å². The maximum Gasteiger partial charge on any atom is 0.417 e. The topological polar surface area (TPSA) is 26.0 Å². The fourth-order valence-corrected chi connectivity index (χ4v) is 1.87. The summed E-state index contributed by atoms with van der Waals surface area (Å²) in [7, 11) is 0. The Morgan fingerprint density at radius 2 is 1.60 bits per heavy atom. The minimum atomic E-state index is -4.84. The number of halogens is 6. The third-order valence-corrected chi connectivity index (χ3v) is 2.62. The van der Waals surface area contributed by atoms with E-state index >= 15 is 0 Å². The lowest BCUT2D eigenvalue weighted by atomic mass is 10.1. The summed E-state index contributed by atoms with van der Waals surface area (Å²) < 4.78 is 62.4. The Hall–Kier alpha value is -0.850. The standard InChI is InChI=1S/C8H5BrF5N/c1-2-3(8(12,13)14)4(9)6(11)7(15)5(2)10/h15H2,1H3. The molecule has 1 aromatic rings. The van der Waals surface area contributed by atoms with Gasteiger partial charge in [-0.3, -0.25) is 0 Å². The molecule has 0 bridgehead atoms. The smallest absolute Gasteiger partial charge is 0.394 e. The zero-order valence-corrected chi connectivity index (χ0v) is 8.93. The third kappa shape index (κ3) is 1.92. The molecule has 0 saturated heterocycles. The van der Waals surface area contributed by atoms with E-state index in [1.165, 1.54) is 0 Å². The van der Waals surface area contributed by atoms with Crippen LogP contribution >= 0.6 is 15.9 Å². The van der Waals surface area contributed by atoms with Gasteiger partial charge >= 0.3 is 6.18 Å². The fourth-order valence-electron chi connectivity index (χ4n) is 1.14. The fraction of sp³-hybridized carbons (Fsp3) is 0.250. The van der Waals surface area contributed by atoms with E-state index in [9.17, 15) is 22.0 Å². The lowest BCUT2D eigenvalue weighted by Crippen LogP contribution is -2.13. The van der Waals surface area contributed by atoms with E-state index in [1.54, 1.807) is 0 Å². The molecular formula is C8H5BrF5N. The van der Waals surface area contributed by atoms with Crippen LogP contribution in [0.2, 0.25) is 0 Å². The van der Waals surface area contributed by atoms with Gasteiger partial charge in [-0.25, -0.2) is 8.78 Å². The van der Waals surface area contributed by atoms with E-state index in [2.05, 4.69) is 15.9 Å². The van der Waals surface area contributed by atoms with Crippen LogP contribution in [0.3, 0.4) is 0 Å². The molecule has 0 aliphatic carbocycles. The van der Waals surface area contributed by atoms with Crippen molar-refractivity contribution in [1.29, 1.82) is 0 Å². The molecule has 2 N–H and O–H groups in total. The van der Waals surface area contributed by atoms with Crippen LogP contribution < -0.4 is 5.73 Å². The summed E-state index contributed by atoms with van der Waals surface area (Å²) in [5, 5.41) is 0. The largest absolute Gasteiger partial charge is 0.417 e. The molecule has 1 nitrogen and oxygen atoms in total. The molecule has 0 radical (unpaired) electrons. The number of hydrogen-bond donors (Lipinski definition) is 1. The van der Waals surface area contributed by atoms with Crippen molar-refractivity contribution >= 4 is 21.6 Å². The summed E-state index contributed by atoms with van der Waals surface area (Å²) in [6, 6.07) is 0. The molecule has 84 valence electrons. The van der Waals surface area contributed by atoms with Gasteiger partial charge in [0.2, 0.25) is 0 Å². The monoisotopic (exact) mass is 289 g/mol. The molecule has 7 heteroatoms. The summed E-state index contributed by atoms with van der Waals surface area (Å²) >= 11 is 2.41. The van der Waals surface area contributed by atoms with Gasteiger partial charge in [-0.05, 0) is 22.9 Å². The number of nitrogen functional groups attached to an aromatic ring is 1. The SMILES string of the molecule is Cc1c(F)c(N)c(F)c(Br)c1C(F)(F)F. The Morgan fingerprint density at radius 1 is 1.13 bits per heavy atom. The first-order chi connectivity index (χ1) is 6.68. The Morgan fingerprint density at radius 3 is 2.00 bits per heavy atom. The maximum atomic E-state index is 13.1. The van der Waals surface area contributed by atoms with Crippen molar-refractivity contribution in [3.8, 4) is 0 Å². The molecular weight excluding hydrogens is 285 g/mol. The number of hydrogen-bond acceptors (Lipinski definition) is 1. The summed E-state index contributed by atoms with van der Waals surface area (Å²) in [5.74, 6) is -2.83. The number of rotatable bonds is 0. The van der Waals surface area contributed by atoms with Crippen LogP contribution in [0, 0.1) is 18.6 Å². The van der Waals surface area contributed by atoms with Gasteiger partial charge in [0.25, 0.3) is 0 Å². The molecule has 15 heavy (non-hydrogen) atoms. The molecule has 0 atom stereocenters.